The van der Waals surface area contributed by atoms with E-state index in [1.165, 1.54) is 13.4 Å². The van der Waals surface area contributed by atoms with Crippen LogP contribution in [0, 0.1) is 0 Å². The summed E-state index contributed by atoms with van der Waals surface area (Å²) in [5.74, 6) is -0.381. The van der Waals surface area contributed by atoms with Crippen molar-refractivity contribution in [2.75, 3.05) is 7.11 Å². The third-order valence-corrected chi connectivity index (χ3v) is 2.45. The summed E-state index contributed by atoms with van der Waals surface area (Å²) in [5.41, 5.74) is 0.136. The van der Waals surface area contributed by atoms with Gasteiger partial charge in [-0.2, -0.15) is 0 Å². The molecule has 1 rings (SSSR count). The van der Waals surface area contributed by atoms with E-state index in [1.54, 1.807) is 38.5 Å². The molecule has 1 heterocycles. The Hall–Kier alpha value is -2.05. The lowest BCUT2D eigenvalue weighted by molar-refractivity contribution is -0.141. The molecule has 7 heteroatoms. The molecule has 1 N–H and O–H groups in total. The molecule has 0 aliphatic carbocycles. The summed E-state index contributed by atoms with van der Waals surface area (Å²) < 4.78 is 11.4. The number of imidazole rings is 1. The van der Waals surface area contributed by atoms with Crippen molar-refractivity contribution in [1.82, 2.24) is 14.9 Å². The van der Waals surface area contributed by atoms with Crippen LogP contribution in [0.2, 0.25) is 0 Å². The lowest BCUT2D eigenvalue weighted by Crippen LogP contribution is -2.34. The maximum absolute atomic E-state index is 11.7. The van der Waals surface area contributed by atoms with Gasteiger partial charge >= 0.3 is 12.1 Å². The molecule has 0 unspecified atom stereocenters. The summed E-state index contributed by atoms with van der Waals surface area (Å²) in [5, 5.41) is 2.70. The number of esters is 1. The van der Waals surface area contributed by atoms with Gasteiger partial charge in [0.15, 0.2) is 0 Å². The molecular weight excluding hydrogens is 262 g/mol. The summed E-state index contributed by atoms with van der Waals surface area (Å²) in [6.45, 7) is 7.21. The fourth-order valence-corrected chi connectivity index (χ4v) is 1.59. The molecule has 1 atom stereocenters. The van der Waals surface area contributed by atoms with Crippen LogP contribution in [0.4, 0.5) is 4.79 Å². The van der Waals surface area contributed by atoms with Crippen LogP contribution in [-0.4, -0.2) is 34.3 Å². The van der Waals surface area contributed by atoms with Crippen LogP contribution in [0.25, 0.3) is 0 Å². The van der Waals surface area contributed by atoms with Crippen LogP contribution >= 0.6 is 0 Å². The monoisotopic (exact) mass is 283 g/mol. The van der Waals surface area contributed by atoms with Crippen molar-refractivity contribution >= 4 is 12.1 Å². The molecule has 0 fully saturated rings. The highest BCUT2D eigenvalue weighted by Gasteiger charge is 2.20. The number of nitrogens with zero attached hydrogens (tertiary/aromatic N) is 2. The summed E-state index contributed by atoms with van der Waals surface area (Å²) in [4.78, 5) is 27.0. The summed E-state index contributed by atoms with van der Waals surface area (Å²) in [6.07, 6.45) is 2.58. The van der Waals surface area contributed by atoms with Crippen LogP contribution in [0.5, 0.6) is 0 Å². The largest absolute Gasteiger partial charge is 0.468 e. The van der Waals surface area contributed by atoms with Crippen molar-refractivity contribution in [3.8, 4) is 0 Å². The first-order chi connectivity index (χ1) is 9.23. The quantitative estimate of drug-likeness (QED) is 0.849. The van der Waals surface area contributed by atoms with Gasteiger partial charge in [0.25, 0.3) is 0 Å². The Bertz CT molecular complexity index is 476. The van der Waals surface area contributed by atoms with Crippen LogP contribution in [0.3, 0.4) is 0 Å². The predicted molar refractivity (Wildman–Crippen MR) is 72.0 cm³/mol. The molecule has 0 saturated heterocycles. The number of carbonyl (C=O) groups excluding carboxylic acids is 2. The van der Waals surface area contributed by atoms with Crippen molar-refractivity contribution in [2.45, 2.75) is 45.9 Å². The van der Waals surface area contributed by atoms with E-state index in [-0.39, 0.29) is 18.6 Å². The number of rotatable bonds is 4. The van der Waals surface area contributed by atoms with Gasteiger partial charge in [0.05, 0.1) is 31.4 Å². The topological polar surface area (TPSA) is 82.5 Å². The predicted octanol–water partition coefficient (Wildman–Crippen LogP) is 1.64. The van der Waals surface area contributed by atoms with Gasteiger partial charge in [0.1, 0.15) is 12.1 Å². The van der Waals surface area contributed by atoms with Gasteiger partial charge < -0.3 is 19.4 Å². The summed E-state index contributed by atoms with van der Waals surface area (Å²) in [6, 6.07) is -0.336. The van der Waals surface area contributed by atoms with Gasteiger partial charge in [0.2, 0.25) is 0 Å². The Balaban J connectivity index is 2.68. The minimum atomic E-state index is -0.559. The molecule has 1 aromatic rings. The van der Waals surface area contributed by atoms with Crippen LogP contribution in [0.1, 0.15) is 39.4 Å². The van der Waals surface area contributed by atoms with Gasteiger partial charge in [-0.25, -0.2) is 9.78 Å². The highest BCUT2D eigenvalue weighted by molar-refractivity contribution is 5.69. The molecule has 1 aromatic heterocycles. The Kier molecular flexibility index (Phi) is 5.12. The number of methoxy groups -OCH3 is 1. The Labute approximate surface area is 118 Å². The van der Waals surface area contributed by atoms with E-state index in [2.05, 4.69) is 15.0 Å². The number of ether oxygens (including phenoxy) is 2. The zero-order valence-corrected chi connectivity index (χ0v) is 12.5. The Morgan fingerprint density at radius 3 is 2.65 bits per heavy atom. The van der Waals surface area contributed by atoms with Crippen LogP contribution in [-0.2, 0) is 20.8 Å². The number of hydrogen-bond acceptors (Lipinski definition) is 5. The highest BCUT2D eigenvalue weighted by atomic mass is 16.6. The van der Waals surface area contributed by atoms with E-state index >= 15 is 0 Å². The number of aromatic nitrogens is 2. The first kappa shape index (κ1) is 16.0. The molecule has 1 amide bonds. The van der Waals surface area contributed by atoms with Gasteiger partial charge in [-0.1, -0.05) is 0 Å². The van der Waals surface area contributed by atoms with Crippen molar-refractivity contribution < 1.29 is 19.1 Å². The number of carbonyl (C=O) groups is 2. The smallest absolute Gasteiger partial charge is 0.408 e. The van der Waals surface area contributed by atoms with Gasteiger partial charge in [-0.15, -0.1) is 0 Å². The molecule has 20 heavy (non-hydrogen) atoms. The van der Waals surface area contributed by atoms with Gasteiger partial charge in [-0.3, -0.25) is 4.79 Å². The van der Waals surface area contributed by atoms with E-state index in [4.69, 9.17) is 4.74 Å². The SMILES string of the molecule is COC(=O)Cn1cncc1[C@H](C)NC(=O)OC(C)(C)C. The maximum atomic E-state index is 11.7. The number of amides is 1. The standard InChI is InChI=1S/C13H21N3O4/c1-9(15-12(18)20-13(2,3)4)10-6-14-8-16(10)7-11(17)19-5/h6,8-9H,7H2,1-5H3,(H,15,18)/t9-/m0/s1. The molecule has 0 aliphatic heterocycles. The molecule has 0 saturated carbocycles. The van der Waals surface area contributed by atoms with E-state index < -0.39 is 11.7 Å². The van der Waals surface area contributed by atoms with E-state index in [0.717, 1.165) is 0 Å². The third kappa shape index (κ3) is 4.91. The molecule has 0 aliphatic rings. The van der Waals surface area contributed by atoms with E-state index in [9.17, 15) is 9.59 Å². The number of alkyl carbamates (subject to hydrolysis) is 1. The summed E-state index contributed by atoms with van der Waals surface area (Å²) >= 11 is 0. The molecule has 0 spiro atoms. The molecule has 112 valence electrons. The molecule has 0 bridgehead atoms. The second-order valence-corrected chi connectivity index (χ2v) is 5.39. The fourth-order valence-electron chi connectivity index (χ4n) is 1.59. The van der Waals surface area contributed by atoms with Crippen LogP contribution in [0.15, 0.2) is 12.5 Å². The lowest BCUT2D eigenvalue weighted by Gasteiger charge is -2.22. The molecular formula is C13H21N3O4. The third-order valence-electron chi connectivity index (χ3n) is 2.45. The van der Waals surface area contributed by atoms with E-state index in [0.29, 0.717) is 5.69 Å². The lowest BCUT2D eigenvalue weighted by atomic mass is 10.2. The molecule has 0 radical (unpaired) electrons. The molecule has 7 nitrogen and oxygen atoms in total. The number of hydrogen-bond donors (Lipinski definition) is 1. The molecule has 0 aromatic carbocycles. The van der Waals surface area contributed by atoms with Crippen molar-refractivity contribution in [3.05, 3.63) is 18.2 Å². The second kappa shape index (κ2) is 6.40. The van der Waals surface area contributed by atoms with E-state index in [1.807, 2.05) is 0 Å². The highest BCUT2D eigenvalue weighted by Crippen LogP contribution is 2.14. The second-order valence-electron chi connectivity index (χ2n) is 5.39. The minimum absolute atomic E-state index is 0.0478. The fraction of sp³-hybridized carbons (Fsp3) is 0.615. The summed E-state index contributed by atoms with van der Waals surface area (Å²) in [7, 11) is 1.32. The Morgan fingerprint density at radius 1 is 1.45 bits per heavy atom. The van der Waals surface area contributed by atoms with Crippen molar-refractivity contribution in [1.29, 1.82) is 0 Å². The maximum Gasteiger partial charge on any atom is 0.408 e. The minimum Gasteiger partial charge on any atom is -0.468 e. The Morgan fingerprint density at radius 2 is 2.10 bits per heavy atom. The van der Waals surface area contributed by atoms with Crippen LogP contribution < -0.4 is 5.32 Å². The van der Waals surface area contributed by atoms with Crippen molar-refractivity contribution in [2.24, 2.45) is 0 Å². The van der Waals surface area contributed by atoms with Gasteiger partial charge in [0, 0.05) is 0 Å². The van der Waals surface area contributed by atoms with Crippen molar-refractivity contribution in [3.63, 3.8) is 0 Å². The normalized spacial score (nSPS) is 12.7. The number of nitrogens with one attached hydrogen (secondary N) is 1. The first-order valence-electron chi connectivity index (χ1n) is 6.29. The average Bonchev–Trinajstić information content (AvgIpc) is 2.74. The zero-order chi connectivity index (χ0) is 15.3. The zero-order valence-electron chi connectivity index (χ0n) is 12.5. The van der Waals surface area contributed by atoms with Gasteiger partial charge in [-0.05, 0) is 27.7 Å². The first-order valence-corrected chi connectivity index (χ1v) is 6.29. The average molecular weight is 283 g/mol.